The fourth-order valence-electron chi connectivity index (χ4n) is 3.92. The number of carboxylic acid groups (broad SMARTS) is 2. The molecule has 0 fully saturated rings. The number of methoxy groups -OCH3 is 2. The quantitative estimate of drug-likeness (QED) is 0.399. The molecule has 2 heterocycles. The van der Waals surface area contributed by atoms with Crippen LogP contribution in [0.2, 0.25) is 0 Å². The minimum Gasteiger partial charge on any atom is -0.544 e. The van der Waals surface area contributed by atoms with Crippen LogP contribution in [0.4, 0.5) is 5.69 Å². The molecule has 0 unspecified atom stereocenters. The van der Waals surface area contributed by atoms with Gasteiger partial charge in [0.05, 0.1) is 37.4 Å². The van der Waals surface area contributed by atoms with Gasteiger partial charge in [-0.25, -0.2) is 0 Å². The van der Waals surface area contributed by atoms with Crippen LogP contribution in [0.15, 0.2) is 58.0 Å². The summed E-state index contributed by atoms with van der Waals surface area (Å²) in [5.74, 6) is -0.702. The molecular weight excluding hydrogens is 500 g/mol. The van der Waals surface area contributed by atoms with Crippen molar-refractivity contribution >= 4 is 57.0 Å². The molecule has 0 amide bonds. The number of rotatable bonds is 10. The highest BCUT2D eigenvalue weighted by Crippen LogP contribution is 2.48. The fraction of sp³-hybridized carbons (Fsp3) is 0.269. The number of aromatic nitrogens is 1. The Hall–Kier alpha value is -3.50. The van der Waals surface area contributed by atoms with Gasteiger partial charge in [-0.3, -0.25) is 4.79 Å². The van der Waals surface area contributed by atoms with E-state index < -0.39 is 11.9 Å². The minimum absolute atomic E-state index is 0.0104. The average Bonchev–Trinajstić information content (AvgIpc) is 3.37. The zero-order valence-electron chi connectivity index (χ0n) is 20.1. The molecule has 3 aromatic rings. The lowest BCUT2D eigenvalue weighted by molar-refractivity contribution is -0.663. The van der Waals surface area contributed by atoms with Crippen molar-refractivity contribution in [1.82, 2.24) is 0 Å². The van der Waals surface area contributed by atoms with E-state index in [4.69, 9.17) is 9.47 Å². The van der Waals surface area contributed by atoms with Gasteiger partial charge in [0.2, 0.25) is 5.52 Å². The first kappa shape index (κ1) is 25.6. The number of carbonyl (C=O) groups is 2. The number of anilines is 1. The van der Waals surface area contributed by atoms with Gasteiger partial charge in [-0.2, -0.15) is 4.57 Å². The lowest BCUT2D eigenvalue weighted by atomic mass is 10.2. The Balaban J connectivity index is 1.77. The molecular formula is C26H26N2O6S2. The third-order valence-corrected chi connectivity index (χ3v) is 7.96. The Morgan fingerprint density at radius 3 is 2.53 bits per heavy atom. The van der Waals surface area contributed by atoms with E-state index in [1.54, 1.807) is 30.5 Å². The van der Waals surface area contributed by atoms with Gasteiger partial charge in [0.25, 0.3) is 5.01 Å². The highest BCUT2D eigenvalue weighted by molar-refractivity contribution is 8.03. The summed E-state index contributed by atoms with van der Waals surface area (Å²) >= 11 is 3.06. The molecule has 8 nitrogen and oxygen atoms in total. The first-order chi connectivity index (χ1) is 17.3. The van der Waals surface area contributed by atoms with Crippen LogP contribution in [0.1, 0.15) is 24.8 Å². The van der Waals surface area contributed by atoms with Crippen molar-refractivity contribution in [2.75, 3.05) is 25.7 Å². The van der Waals surface area contributed by atoms with Crippen LogP contribution in [0.3, 0.4) is 0 Å². The number of thioether (sulfide) groups is 1. The average molecular weight is 527 g/mol. The van der Waals surface area contributed by atoms with E-state index in [-0.39, 0.29) is 13.0 Å². The molecule has 0 aliphatic carbocycles. The molecule has 1 N–H and O–H groups in total. The number of benzene rings is 2. The maximum Gasteiger partial charge on any atom is 0.305 e. The standard InChI is InChI=1S/C26H26N2O6S2/c1-4-16(12-24-28(15-26(31)32)20-14-18(34-3)6-8-22(20)36-24)11-23-27(10-9-25(29)30)19-13-17(33-2)5-7-21(19)35-23/h5-8,11-14H,4,9-10,15H2,1-3H3,(H-,29,30,31,32). The third-order valence-electron chi connectivity index (χ3n) is 5.74. The van der Waals surface area contributed by atoms with E-state index in [2.05, 4.69) is 0 Å². The highest BCUT2D eigenvalue weighted by atomic mass is 32.2. The molecule has 1 aliphatic rings. The molecule has 188 valence electrons. The lowest BCUT2D eigenvalue weighted by Gasteiger charge is -2.20. The number of ether oxygens (including phenoxy) is 2. The van der Waals surface area contributed by atoms with E-state index in [1.165, 1.54) is 11.3 Å². The number of fused-ring (bicyclic) bond motifs is 2. The van der Waals surface area contributed by atoms with E-state index in [9.17, 15) is 19.8 Å². The van der Waals surface area contributed by atoms with Crippen LogP contribution >= 0.6 is 23.1 Å². The van der Waals surface area contributed by atoms with Crippen LogP contribution in [-0.2, 0) is 16.1 Å². The summed E-state index contributed by atoms with van der Waals surface area (Å²) in [6, 6.07) is 11.3. The number of allylic oxidation sites excluding steroid dienone is 2. The number of carboxylic acids is 2. The Morgan fingerprint density at radius 2 is 1.86 bits per heavy atom. The third kappa shape index (κ3) is 5.50. The lowest BCUT2D eigenvalue weighted by Crippen LogP contribution is -2.44. The van der Waals surface area contributed by atoms with E-state index in [0.717, 1.165) is 36.4 Å². The van der Waals surface area contributed by atoms with Crippen molar-refractivity contribution in [1.29, 1.82) is 0 Å². The molecule has 2 aromatic carbocycles. The molecule has 0 saturated heterocycles. The zero-order valence-corrected chi connectivity index (χ0v) is 21.8. The number of aliphatic carboxylic acids is 2. The van der Waals surface area contributed by atoms with Gasteiger partial charge in [-0.05, 0) is 42.3 Å². The second kappa shape index (κ2) is 11.0. The Morgan fingerprint density at radius 1 is 1.14 bits per heavy atom. The number of hydrogen-bond donors (Lipinski definition) is 1. The first-order valence-electron chi connectivity index (χ1n) is 11.3. The molecule has 1 aliphatic heterocycles. The van der Waals surface area contributed by atoms with Crippen LogP contribution in [0, 0.1) is 0 Å². The van der Waals surface area contributed by atoms with Crippen LogP contribution in [0.5, 0.6) is 11.5 Å². The maximum absolute atomic E-state index is 11.5. The van der Waals surface area contributed by atoms with Gasteiger partial charge in [0, 0.05) is 23.6 Å². The highest BCUT2D eigenvalue weighted by Gasteiger charge is 2.27. The summed E-state index contributed by atoms with van der Waals surface area (Å²) < 4.78 is 13.4. The van der Waals surface area contributed by atoms with E-state index in [0.29, 0.717) is 24.5 Å². The normalized spacial score (nSPS) is 14.4. The Labute approximate surface area is 217 Å². The summed E-state index contributed by atoms with van der Waals surface area (Å²) in [5, 5.41) is 22.5. The van der Waals surface area contributed by atoms with E-state index >= 15 is 0 Å². The smallest absolute Gasteiger partial charge is 0.305 e. The SMILES string of the molecule is CCC(=Cc1sc2ccc(OC)cc2[n+]1CC(=O)[O-])C=C1Sc2ccc(OC)cc2N1CCC(=O)O. The zero-order chi connectivity index (χ0) is 25.8. The van der Waals surface area contributed by atoms with Gasteiger partial charge in [0.1, 0.15) is 22.2 Å². The summed E-state index contributed by atoms with van der Waals surface area (Å²) in [7, 11) is 3.17. The van der Waals surface area contributed by atoms with Crippen molar-refractivity contribution in [3.05, 3.63) is 58.1 Å². The first-order valence-corrected chi connectivity index (χ1v) is 12.9. The van der Waals surface area contributed by atoms with Crippen molar-refractivity contribution in [3.8, 4) is 11.5 Å². The Kier molecular flexibility index (Phi) is 7.85. The topological polar surface area (TPSA) is 103 Å². The monoisotopic (exact) mass is 526 g/mol. The number of hydrogen-bond acceptors (Lipinski definition) is 8. The summed E-state index contributed by atoms with van der Waals surface area (Å²) in [6.07, 6.45) is 4.70. The summed E-state index contributed by atoms with van der Waals surface area (Å²) in [6.45, 7) is 2.07. The van der Waals surface area contributed by atoms with Crippen LogP contribution in [-0.4, -0.2) is 37.8 Å². The van der Waals surface area contributed by atoms with Gasteiger partial charge in [-0.1, -0.05) is 30.0 Å². The molecule has 4 rings (SSSR count). The molecule has 36 heavy (non-hydrogen) atoms. The second-order valence-corrected chi connectivity index (χ2v) is 10.1. The van der Waals surface area contributed by atoms with Gasteiger partial charge in [-0.15, -0.1) is 0 Å². The molecule has 10 heteroatoms. The number of carbonyl (C=O) groups excluding carboxylic acids is 1. The second-order valence-electron chi connectivity index (χ2n) is 8.02. The summed E-state index contributed by atoms with van der Waals surface area (Å²) in [5.41, 5.74) is 2.64. The minimum atomic E-state index is -1.18. The number of nitrogens with zero attached hydrogens (tertiary/aromatic N) is 2. The molecule has 0 atom stereocenters. The molecule has 0 radical (unpaired) electrons. The van der Waals surface area contributed by atoms with Gasteiger partial charge >= 0.3 is 5.97 Å². The summed E-state index contributed by atoms with van der Waals surface area (Å²) in [4.78, 5) is 25.9. The van der Waals surface area contributed by atoms with Crippen molar-refractivity contribution in [2.45, 2.75) is 31.2 Å². The predicted molar refractivity (Wildman–Crippen MR) is 138 cm³/mol. The largest absolute Gasteiger partial charge is 0.544 e. The molecule has 0 saturated carbocycles. The van der Waals surface area contributed by atoms with E-state index in [1.807, 2.05) is 60.4 Å². The Bertz CT molecular complexity index is 1380. The van der Waals surface area contributed by atoms with Crippen LogP contribution < -0.4 is 24.0 Å². The predicted octanol–water partition coefficient (Wildman–Crippen LogP) is 3.68. The van der Waals surface area contributed by atoms with Crippen molar-refractivity contribution in [2.24, 2.45) is 0 Å². The van der Waals surface area contributed by atoms with Crippen molar-refractivity contribution in [3.63, 3.8) is 0 Å². The number of thiazole rings is 1. The van der Waals surface area contributed by atoms with Gasteiger partial charge < -0.3 is 29.4 Å². The van der Waals surface area contributed by atoms with Crippen molar-refractivity contribution < 1.29 is 33.8 Å². The maximum atomic E-state index is 11.5. The fourth-order valence-corrected chi connectivity index (χ4v) is 6.19. The molecule has 1 aromatic heterocycles. The molecule has 0 spiro atoms. The van der Waals surface area contributed by atoms with Gasteiger partial charge in [0.15, 0.2) is 6.54 Å². The molecule has 0 bridgehead atoms. The van der Waals surface area contributed by atoms with Crippen LogP contribution in [0.25, 0.3) is 16.3 Å².